The quantitative estimate of drug-likeness (QED) is 0.921. The van der Waals surface area contributed by atoms with Gasteiger partial charge in [-0.1, -0.05) is 11.6 Å². The largest absolute Gasteiger partial charge is 0.376 e. The van der Waals surface area contributed by atoms with Gasteiger partial charge in [-0.05, 0) is 39.0 Å². The normalized spacial score (nSPS) is 12.5. The van der Waals surface area contributed by atoms with Crippen LogP contribution in [0.2, 0.25) is 5.02 Å². The van der Waals surface area contributed by atoms with Crippen LogP contribution >= 0.6 is 11.6 Å². The zero-order valence-corrected chi connectivity index (χ0v) is 12.2. The van der Waals surface area contributed by atoms with Gasteiger partial charge in [0.25, 0.3) is 0 Å². The summed E-state index contributed by atoms with van der Waals surface area (Å²) in [6.07, 6.45) is 0. The molecule has 0 saturated heterocycles. The Morgan fingerprint density at radius 3 is 2.63 bits per heavy atom. The molecule has 1 unspecified atom stereocenters. The van der Waals surface area contributed by atoms with Gasteiger partial charge < -0.3 is 5.32 Å². The minimum absolute atomic E-state index is 0.0401. The highest BCUT2D eigenvalue weighted by Gasteiger charge is 2.17. The lowest BCUT2D eigenvalue weighted by Crippen LogP contribution is -2.10. The smallest absolute Gasteiger partial charge is 0.146 e. The van der Waals surface area contributed by atoms with E-state index >= 15 is 0 Å². The second-order valence-corrected chi connectivity index (χ2v) is 5.13. The highest BCUT2D eigenvalue weighted by Crippen LogP contribution is 2.27. The van der Waals surface area contributed by atoms with Gasteiger partial charge >= 0.3 is 0 Å². The topological polar surface area (TPSA) is 29.9 Å². The fourth-order valence-electron chi connectivity index (χ4n) is 2.33. The highest BCUT2D eigenvalue weighted by atomic mass is 35.5. The summed E-state index contributed by atoms with van der Waals surface area (Å²) in [7, 11) is 1.90. The Hall–Kier alpha value is -1.55. The van der Waals surface area contributed by atoms with Crippen molar-refractivity contribution in [1.29, 1.82) is 0 Å². The van der Waals surface area contributed by atoms with Crippen molar-refractivity contribution in [1.82, 2.24) is 9.78 Å². The van der Waals surface area contributed by atoms with Crippen molar-refractivity contribution in [2.75, 3.05) is 5.32 Å². The van der Waals surface area contributed by atoms with E-state index in [1.54, 1.807) is 6.07 Å². The second kappa shape index (κ2) is 5.21. The number of rotatable bonds is 3. The van der Waals surface area contributed by atoms with E-state index in [9.17, 15) is 4.39 Å². The van der Waals surface area contributed by atoms with Crippen molar-refractivity contribution in [2.45, 2.75) is 26.8 Å². The molecule has 2 rings (SSSR count). The van der Waals surface area contributed by atoms with Crippen molar-refractivity contribution < 1.29 is 4.39 Å². The Balaban J connectivity index is 2.30. The highest BCUT2D eigenvalue weighted by molar-refractivity contribution is 6.30. The number of benzene rings is 1. The van der Waals surface area contributed by atoms with Crippen LogP contribution in [0.3, 0.4) is 0 Å². The van der Waals surface area contributed by atoms with E-state index in [1.165, 1.54) is 12.1 Å². The monoisotopic (exact) mass is 281 g/mol. The fraction of sp³-hybridized carbons (Fsp3) is 0.357. The van der Waals surface area contributed by atoms with Gasteiger partial charge in [0.2, 0.25) is 0 Å². The molecular weight excluding hydrogens is 265 g/mol. The van der Waals surface area contributed by atoms with Gasteiger partial charge in [0.1, 0.15) is 5.82 Å². The van der Waals surface area contributed by atoms with Crippen LogP contribution in [0.1, 0.15) is 29.9 Å². The lowest BCUT2D eigenvalue weighted by atomic mass is 10.1. The Morgan fingerprint density at radius 2 is 2.05 bits per heavy atom. The minimum atomic E-state index is -0.310. The molecule has 0 amide bonds. The first-order valence-corrected chi connectivity index (χ1v) is 6.49. The maximum atomic E-state index is 13.7. The molecule has 3 nitrogen and oxygen atoms in total. The van der Waals surface area contributed by atoms with Gasteiger partial charge in [0, 0.05) is 23.3 Å². The van der Waals surface area contributed by atoms with E-state index in [-0.39, 0.29) is 11.9 Å². The number of anilines is 1. The molecule has 0 spiro atoms. The Kier molecular flexibility index (Phi) is 3.80. The summed E-state index contributed by atoms with van der Waals surface area (Å²) in [4.78, 5) is 0. The van der Waals surface area contributed by atoms with Gasteiger partial charge in [-0.3, -0.25) is 4.68 Å². The van der Waals surface area contributed by atoms with Crippen LogP contribution in [0.5, 0.6) is 0 Å². The van der Waals surface area contributed by atoms with Crippen LogP contribution in [0.15, 0.2) is 18.2 Å². The molecule has 5 heteroatoms. The molecule has 0 bridgehead atoms. The predicted molar refractivity (Wildman–Crippen MR) is 76.1 cm³/mol. The number of aromatic nitrogens is 2. The molecule has 102 valence electrons. The van der Waals surface area contributed by atoms with Crippen molar-refractivity contribution in [3.8, 4) is 0 Å². The third-order valence-electron chi connectivity index (χ3n) is 3.30. The molecule has 1 N–H and O–H groups in total. The SMILES string of the molecule is Cc1nn(C)c(C)c1C(C)Nc1cc(Cl)ccc1F. The van der Waals surface area contributed by atoms with Crippen LogP contribution in [0.4, 0.5) is 10.1 Å². The average Bonchev–Trinajstić information content (AvgIpc) is 2.58. The number of hydrogen-bond donors (Lipinski definition) is 1. The summed E-state index contributed by atoms with van der Waals surface area (Å²) in [5, 5.41) is 8.03. The average molecular weight is 282 g/mol. The number of hydrogen-bond acceptors (Lipinski definition) is 2. The van der Waals surface area contributed by atoms with E-state index in [1.807, 2.05) is 32.5 Å². The zero-order valence-electron chi connectivity index (χ0n) is 11.5. The van der Waals surface area contributed by atoms with Crippen molar-refractivity contribution in [3.05, 3.63) is 46.0 Å². The number of aryl methyl sites for hydroxylation is 2. The zero-order chi connectivity index (χ0) is 14.2. The molecule has 0 aliphatic carbocycles. The molecule has 19 heavy (non-hydrogen) atoms. The lowest BCUT2D eigenvalue weighted by molar-refractivity contribution is 0.627. The van der Waals surface area contributed by atoms with Crippen LogP contribution in [-0.2, 0) is 7.05 Å². The molecule has 0 radical (unpaired) electrons. The molecule has 0 fully saturated rings. The second-order valence-electron chi connectivity index (χ2n) is 4.70. The molecule has 1 heterocycles. The number of nitrogens with one attached hydrogen (secondary N) is 1. The number of nitrogens with zero attached hydrogens (tertiary/aromatic N) is 2. The van der Waals surface area contributed by atoms with E-state index < -0.39 is 0 Å². The predicted octanol–water partition coefficient (Wildman–Crippen LogP) is 4.00. The van der Waals surface area contributed by atoms with Crippen LogP contribution < -0.4 is 5.32 Å². The van der Waals surface area contributed by atoms with Gasteiger partial charge in [-0.2, -0.15) is 5.10 Å². The standard InChI is InChI=1S/C14H17ClFN3/c1-8(14-9(2)18-19(4)10(14)3)17-13-7-11(15)5-6-12(13)16/h5-8,17H,1-4H3. The van der Waals surface area contributed by atoms with E-state index in [2.05, 4.69) is 10.4 Å². The first-order chi connectivity index (χ1) is 8.90. The van der Waals surface area contributed by atoms with E-state index in [0.717, 1.165) is 17.0 Å². The van der Waals surface area contributed by atoms with Gasteiger partial charge in [0.15, 0.2) is 0 Å². The van der Waals surface area contributed by atoms with Gasteiger partial charge in [0.05, 0.1) is 17.4 Å². The third-order valence-corrected chi connectivity index (χ3v) is 3.53. The first kappa shape index (κ1) is 13.9. The van der Waals surface area contributed by atoms with Gasteiger partial charge in [-0.15, -0.1) is 0 Å². The summed E-state index contributed by atoms with van der Waals surface area (Å²) in [5.41, 5.74) is 3.51. The maximum Gasteiger partial charge on any atom is 0.146 e. The Morgan fingerprint density at radius 1 is 1.37 bits per heavy atom. The molecule has 1 aromatic heterocycles. The molecular formula is C14H17ClFN3. The minimum Gasteiger partial charge on any atom is -0.376 e. The van der Waals surface area contributed by atoms with E-state index in [0.29, 0.717) is 10.7 Å². The Labute approximate surface area is 117 Å². The molecule has 0 saturated carbocycles. The molecule has 0 aliphatic heterocycles. The summed E-state index contributed by atoms with van der Waals surface area (Å²) >= 11 is 5.89. The van der Waals surface area contributed by atoms with Gasteiger partial charge in [-0.25, -0.2) is 4.39 Å². The Bertz CT molecular complexity index is 607. The summed E-state index contributed by atoms with van der Waals surface area (Å²) in [5.74, 6) is -0.310. The van der Waals surface area contributed by atoms with Crippen molar-refractivity contribution in [2.24, 2.45) is 7.05 Å². The summed E-state index contributed by atoms with van der Waals surface area (Å²) in [6.45, 7) is 5.94. The van der Waals surface area contributed by atoms with Crippen LogP contribution in [0, 0.1) is 19.7 Å². The molecule has 1 aromatic carbocycles. The van der Waals surface area contributed by atoms with E-state index in [4.69, 9.17) is 11.6 Å². The lowest BCUT2D eigenvalue weighted by Gasteiger charge is -2.17. The molecule has 0 aliphatic rings. The first-order valence-electron chi connectivity index (χ1n) is 6.12. The third kappa shape index (κ3) is 2.73. The van der Waals surface area contributed by atoms with Crippen molar-refractivity contribution >= 4 is 17.3 Å². The maximum absolute atomic E-state index is 13.7. The van der Waals surface area contributed by atoms with Crippen LogP contribution in [-0.4, -0.2) is 9.78 Å². The molecule has 1 atom stereocenters. The number of halogens is 2. The molecule has 2 aromatic rings. The van der Waals surface area contributed by atoms with Crippen LogP contribution in [0.25, 0.3) is 0 Å². The summed E-state index contributed by atoms with van der Waals surface area (Å²) in [6, 6.07) is 4.45. The fourth-order valence-corrected chi connectivity index (χ4v) is 2.50. The summed E-state index contributed by atoms with van der Waals surface area (Å²) < 4.78 is 15.5. The van der Waals surface area contributed by atoms with Crippen molar-refractivity contribution in [3.63, 3.8) is 0 Å².